The van der Waals surface area contributed by atoms with Gasteiger partial charge in [0.15, 0.2) is 5.13 Å². The summed E-state index contributed by atoms with van der Waals surface area (Å²) in [7, 11) is 0. The zero-order valence-electron chi connectivity index (χ0n) is 14.3. The van der Waals surface area contributed by atoms with E-state index in [1.807, 2.05) is 11.3 Å². The van der Waals surface area contributed by atoms with Crippen molar-refractivity contribution in [2.24, 2.45) is 0 Å². The predicted molar refractivity (Wildman–Crippen MR) is 93.5 cm³/mol. The van der Waals surface area contributed by atoms with E-state index in [0.717, 1.165) is 13.1 Å². The van der Waals surface area contributed by atoms with Crippen LogP contribution in [0.2, 0.25) is 0 Å². The highest BCUT2D eigenvalue weighted by Crippen LogP contribution is 2.37. The first-order valence-electron chi connectivity index (χ1n) is 8.57. The molecule has 4 heteroatoms. The summed E-state index contributed by atoms with van der Waals surface area (Å²) in [4.78, 5) is 9.04. The lowest BCUT2D eigenvalue weighted by molar-refractivity contribution is 0.624. The highest BCUT2D eigenvalue weighted by Gasteiger charge is 2.32. The Balaban J connectivity index is 2.21. The van der Waals surface area contributed by atoms with Crippen LogP contribution in [0.4, 0.5) is 5.13 Å². The zero-order chi connectivity index (χ0) is 15.4. The van der Waals surface area contributed by atoms with Gasteiger partial charge in [-0.25, -0.2) is 4.98 Å². The molecule has 2 atom stereocenters. The van der Waals surface area contributed by atoms with E-state index < -0.39 is 0 Å². The summed E-state index contributed by atoms with van der Waals surface area (Å²) in [6.45, 7) is 13.4. The molecule has 1 fully saturated rings. The predicted octanol–water partition coefficient (Wildman–Crippen LogP) is 4.53. The molecular weight excluding hydrogens is 278 g/mol. The number of rotatable bonds is 7. The van der Waals surface area contributed by atoms with Crippen LogP contribution >= 0.6 is 11.3 Å². The number of hydrogen-bond donors (Lipinski definition) is 1. The molecule has 2 heterocycles. The van der Waals surface area contributed by atoms with E-state index in [0.29, 0.717) is 18.0 Å². The SMILES string of the molecule is CCCNCc1sc(N2C(C)CCC2CC)nc1C(C)C. The second kappa shape index (κ2) is 7.59. The van der Waals surface area contributed by atoms with Gasteiger partial charge < -0.3 is 10.2 Å². The molecule has 0 radical (unpaired) electrons. The number of aromatic nitrogens is 1. The molecule has 1 aliphatic heterocycles. The minimum absolute atomic E-state index is 0.506. The Morgan fingerprint density at radius 1 is 1.33 bits per heavy atom. The highest BCUT2D eigenvalue weighted by molar-refractivity contribution is 7.15. The van der Waals surface area contributed by atoms with Crippen molar-refractivity contribution in [2.75, 3.05) is 11.4 Å². The first-order chi connectivity index (χ1) is 10.1. The molecule has 1 aromatic heterocycles. The Morgan fingerprint density at radius 3 is 2.71 bits per heavy atom. The second-order valence-electron chi connectivity index (χ2n) is 6.53. The normalized spacial score (nSPS) is 22.5. The molecule has 3 nitrogen and oxygen atoms in total. The van der Waals surface area contributed by atoms with Crippen molar-refractivity contribution < 1.29 is 0 Å². The fourth-order valence-corrected chi connectivity index (χ4v) is 4.59. The number of hydrogen-bond acceptors (Lipinski definition) is 4. The zero-order valence-corrected chi connectivity index (χ0v) is 15.1. The molecule has 0 bridgehead atoms. The van der Waals surface area contributed by atoms with Crippen LogP contribution in [0.1, 0.15) is 76.8 Å². The molecule has 0 aliphatic carbocycles. The molecule has 120 valence electrons. The third-order valence-electron chi connectivity index (χ3n) is 4.45. The number of thiazole rings is 1. The Bertz CT molecular complexity index is 441. The van der Waals surface area contributed by atoms with Crippen molar-refractivity contribution in [3.63, 3.8) is 0 Å². The quantitative estimate of drug-likeness (QED) is 0.750. The molecule has 0 aromatic carbocycles. The Kier molecular flexibility index (Phi) is 6.06. The summed E-state index contributed by atoms with van der Waals surface area (Å²) < 4.78 is 0. The van der Waals surface area contributed by atoms with Crippen molar-refractivity contribution in [1.82, 2.24) is 10.3 Å². The van der Waals surface area contributed by atoms with E-state index in [4.69, 9.17) is 4.98 Å². The van der Waals surface area contributed by atoms with Gasteiger partial charge in [-0.3, -0.25) is 0 Å². The lowest BCUT2D eigenvalue weighted by Gasteiger charge is -2.27. The van der Waals surface area contributed by atoms with Gasteiger partial charge in [0.1, 0.15) is 0 Å². The largest absolute Gasteiger partial charge is 0.342 e. The molecule has 0 saturated carbocycles. The van der Waals surface area contributed by atoms with Gasteiger partial charge in [-0.2, -0.15) is 0 Å². The lowest BCUT2D eigenvalue weighted by Crippen LogP contribution is -2.33. The standard InChI is InChI=1S/C17H31N3S/c1-6-10-18-11-15-16(12(3)4)19-17(21-15)20-13(5)8-9-14(20)7-2/h12-14,18H,6-11H2,1-5H3. The van der Waals surface area contributed by atoms with Gasteiger partial charge in [0.25, 0.3) is 0 Å². The molecule has 1 aromatic rings. The molecule has 0 amide bonds. The van der Waals surface area contributed by atoms with E-state index >= 15 is 0 Å². The van der Waals surface area contributed by atoms with Crippen LogP contribution in [0.25, 0.3) is 0 Å². The molecule has 1 aliphatic rings. The van der Waals surface area contributed by atoms with E-state index in [-0.39, 0.29) is 0 Å². The summed E-state index contributed by atoms with van der Waals surface area (Å²) in [5.74, 6) is 0.506. The van der Waals surface area contributed by atoms with Crippen LogP contribution in [0.5, 0.6) is 0 Å². The fraction of sp³-hybridized carbons (Fsp3) is 0.824. The Labute approximate surface area is 134 Å². The summed E-state index contributed by atoms with van der Waals surface area (Å²) in [6, 6.07) is 1.32. The van der Waals surface area contributed by atoms with Gasteiger partial charge in [-0.05, 0) is 45.1 Å². The lowest BCUT2D eigenvalue weighted by atomic mass is 10.1. The van der Waals surface area contributed by atoms with Crippen molar-refractivity contribution in [3.8, 4) is 0 Å². The van der Waals surface area contributed by atoms with E-state index in [1.165, 1.54) is 41.4 Å². The number of nitrogens with zero attached hydrogens (tertiary/aromatic N) is 2. The summed E-state index contributed by atoms with van der Waals surface area (Å²) >= 11 is 1.91. The van der Waals surface area contributed by atoms with Gasteiger partial charge in [-0.1, -0.05) is 27.7 Å². The van der Waals surface area contributed by atoms with Crippen LogP contribution < -0.4 is 10.2 Å². The molecular formula is C17H31N3S. The first-order valence-corrected chi connectivity index (χ1v) is 9.38. The molecule has 2 rings (SSSR count). The van der Waals surface area contributed by atoms with Gasteiger partial charge in [0, 0.05) is 23.5 Å². The second-order valence-corrected chi connectivity index (χ2v) is 7.59. The summed E-state index contributed by atoms with van der Waals surface area (Å²) in [5.41, 5.74) is 1.30. The van der Waals surface area contributed by atoms with Crippen molar-refractivity contribution in [2.45, 2.75) is 84.8 Å². The van der Waals surface area contributed by atoms with Crippen molar-refractivity contribution >= 4 is 16.5 Å². The number of anilines is 1. The summed E-state index contributed by atoms with van der Waals surface area (Å²) in [5, 5.41) is 4.79. The average molecular weight is 310 g/mol. The van der Waals surface area contributed by atoms with Crippen LogP contribution in [-0.2, 0) is 6.54 Å². The van der Waals surface area contributed by atoms with Gasteiger partial charge in [0.2, 0.25) is 0 Å². The van der Waals surface area contributed by atoms with Gasteiger partial charge >= 0.3 is 0 Å². The third-order valence-corrected chi connectivity index (χ3v) is 5.54. The minimum Gasteiger partial charge on any atom is -0.342 e. The van der Waals surface area contributed by atoms with Gasteiger partial charge in [0.05, 0.1) is 5.69 Å². The highest BCUT2D eigenvalue weighted by atomic mass is 32.1. The van der Waals surface area contributed by atoms with Crippen LogP contribution in [0.15, 0.2) is 0 Å². The van der Waals surface area contributed by atoms with Crippen LogP contribution in [-0.4, -0.2) is 23.6 Å². The maximum atomic E-state index is 5.02. The maximum absolute atomic E-state index is 5.02. The topological polar surface area (TPSA) is 28.2 Å². The smallest absolute Gasteiger partial charge is 0.186 e. The maximum Gasteiger partial charge on any atom is 0.186 e. The van der Waals surface area contributed by atoms with Gasteiger partial charge in [-0.15, -0.1) is 11.3 Å². The average Bonchev–Trinajstić information content (AvgIpc) is 3.02. The number of nitrogens with one attached hydrogen (secondary N) is 1. The van der Waals surface area contributed by atoms with Crippen molar-refractivity contribution in [1.29, 1.82) is 0 Å². The van der Waals surface area contributed by atoms with E-state index in [1.54, 1.807) is 0 Å². The first kappa shape index (κ1) is 16.8. The third kappa shape index (κ3) is 3.78. The molecule has 0 spiro atoms. The van der Waals surface area contributed by atoms with E-state index in [2.05, 4.69) is 44.8 Å². The molecule has 2 unspecified atom stereocenters. The van der Waals surface area contributed by atoms with Crippen molar-refractivity contribution in [3.05, 3.63) is 10.6 Å². The van der Waals surface area contributed by atoms with Crippen LogP contribution in [0, 0.1) is 0 Å². The van der Waals surface area contributed by atoms with Crippen LogP contribution in [0.3, 0.4) is 0 Å². The Morgan fingerprint density at radius 2 is 2.10 bits per heavy atom. The molecule has 1 N–H and O–H groups in total. The fourth-order valence-electron chi connectivity index (χ4n) is 3.23. The monoisotopic (exact) mass is 309 g/mol. The Hall–Kier alpha value is -0.610. The minimum atomic E-state index is 0.506. The molecule has 21 heavy (non-hydrogen) atoms. The van der Waals surface area contributed by atoms with E-state index in [9.17, 15) is 0 Å². The summed E-state index contributed by atoms with van der Waals surface area (Å²) in [6.07, 6.45) is 5.03. The molecule has 1 saturated heterocycles.